The maximum atomic E-state index is 4.57. The summed E-state index contributed by atoms with van der Waals surface area (Å²) in [5, 5.41) is 8.07. The second-order valence-electron chi connectivity index (χ2n) is 7.85. The molecule has 6 nitrogen and oxygen atoms in total. The molecule has 0 saturated carbocycles. The predicted octanol–water partition coefficient (Wildman–Crippen LogP) is 4.87. The average Bonchev–Trinajstić information content (AvgIpc) is 2.76. The van der Waals surface area contributed by atoms with Gasteiger partial charge in [0.1, 0.15) is 5.82 Å². The fourth-order valence-electron chi connectivity index (χ4n) is 3.67. The Labute approximate surface area is 180 Å². The Hall–Kier alpha value is -2.73. The zero-order valence-electron chi connectivity index (χ0n) is 18.7. The van der Waals surface area contributed by atoms with Gasteiger partial charge in [-0.2, -0.15) is 0 Å². The van der Waals surface area contributed by atoms with E-state index in [4.69, 9.17) is 0 Å². The fraction of sp³-hybridized carbons (Fsp3) is 0.458. The van der Waals surface area contributed by atoms with Gasteiger partial charge >= 0.3 is 0 Å². The number of nitrogens with one attached hydrogen (secondary N) is 2. The van der Waals surface area contributed by atoms with Crippen LogP contribution < -0.4 is 10.6 Å². The smallest absolute Gasteiger partial charge is 0.144 e. The summed E-state index contributed by atoms with van der Waals surface area (Å²) in [5.74, 6) is 0.830. The second-order valence-corrected chi connectivity index (χ2v) is 7.85. The molecule has 0 fully saturated rings. The number of rotatable bonds is 11. The number of benzene rings is 1. The lowest BCUT2D eigenvalue weighted by Crippen LogP contribution is -2.25. The van der Waals surface area contributed by atoms with Crippen LogP contribution in [0.5, 0.6) is 0 Å². The summed E-state index contributed by atoms with van der Waals surface area (Å²) in [6, 6.07) is 8.70. The summed E-state index contributed by atoms with van der Waals surface area (Å²) in [6.45, 7) is 12.7. The Bertz CT molecular complexity index is 921. The molecule has 0 radical (unpaired) electrons. The number of anilines is 2. The molecule has 0 aliphatic rings. The normalized spacial score (nSPS) is 12.3. The van der Waals surface area contributed by atoms with Crippen LogP contribution in [0.1, 0.15) is 44.9 Å². The van der Waals surface area contributed by atoms with Gasteiger partial charge in [0.25, 0.3) is 0 Å². The van der Waals surface area contributed by atoms with Crippen molar-refractivity contribution in [3.8, 4) is 0 Å². The van der Waals surface area contributed by atoms with E-state index in [1.54, 1.807) is 0 Å². The summed E-state index contributed by atoms with van der Waals surface area (Å²) in [4.78, 5) is 16.1. The van der Waals surface area contributed by atoms with Gasteiger partial charge in [0.2, 0.25) is 0 Å². The molecule has 2 N–H and O–H groups in total. The zero-order chi connectivity index (χ0) is 21.3. The second kappa shape index (κ2) is 10.9. The van der Waals surface area contributed by atoms with E-state index in [9.17, 15) is 0 Å². The average molecular weight is 407 g/mol. The molecule has 3 rings (SSSR count). The maximum Gasteiger partial charge on any atom is 0.144 e. The first-order chi connectivity index (χ1) is 14.6. The predicted molar refractivity (Wildman–Crippen MR) is 126 cm³/mol. The first-order valence-corrected chi connectivity index (χ1v) is 11.0. The molecule has 0 bridgehead atoms. The SMILES string of the molecule is CCN(CC)CCCC(C)Nc1cnc(CNc2cc(C)cc3cccnc23)cn1. The summed E-state index contributed by atoms with van der Waals surface area (Å²) in [5.41, 5.74) is 4.11. The number of hydrogen-bond acceptors (Lipinski definition) is 6. The third-order valence-corrected chi connectivity index (χ3v) is 5.41. The molecule has 0 amide bonds. The first-order valence-electron chi connectivity index (χ1n) is 11.0. The van der Waals surface area contributed by atoms with Crippen molar-refractivity contribution in [1.82, 2.24) is 19.9 Å². The molecule has 0 spiro atoms. The number of nitrogens with zero attached hydrogens (tertiary/aromatic N) is 4. The molecule has 0 aliphatic carbocycles. The Balaban J connectivity index is 1.51. The van der Waals surface area contributed by atoms with Crippen LogP contribution in [0, 0.1) is 6.92 Å². The van der Waals surface area contributed by atoms with Crippen molar-refractivity contribution in [1.29, 1.82) is 0 Å². The van der Waals surface area contributed by atoms with Crippen molar-refractivity contribution in [2.45, 2.75) is 53.1 Å². The van der Waals surface area contributed by atoms with E-state index in [0.29, 0.717) is 12.6 Å². The van der Waals surface area contributed by atoms with Gasteiger partial charge < -0.3 is 15.5 Å². The van der Waals surface area contributed by atoms with E-state index in [2.05, 4.69) is 76.4 Å². The van der Waals surface area contributed by atoms with Crippen molar-refractivity contribution in [2.24, 2.45) is 0 Å². The molecule has 0 saturated heterocycles. The van der Waals surface area contributed by atoms with Gasteiger partial charge in [-0.15, -0.1) is 0 Å². The lowest BCUT2D eigenvalue weighted by Gasteiger charge is -2.20. The standard InChI is InChI=1S/C24H34N6/c1-5-30(6-2)12-8-9-19(4)29-23-17-26-21(16-28-23)15-27-22-14-18(3)13-20-10-7-11-25-24(20)22/h7,10-11,13-14,16-17,19,27H,5-6,8-9,12,15H2,1-4H3,(H,28,29). The highest BCUT2D eigenvalue weighted by Crippen LogP contribution is 2.23. The fourth-order valence-corrected chi connectivity index (χ4v) is 3.67. The van der Waals surface area contributed by atoms with Crippen molar-refractivity contribution in [2.75, 3.05) is 30.3 Å². The highest BCUT2D eigenvalue weighted by atomic mass is 15.1. The van der Waals surface area contributed by atoms with Gasteiger partial charge in [0.15, 0.2) is 0 Å². The lowest BCUT2D eigenvalue weighted by atomic mass is 10.1. The number of aromatic nitrogens is 3. The van der Waals surface area contributed by atoms with Crippen molar-refractivity contribution in [3.05, 3.63) is 54.1 Å². The molecule has 2 aromatic heterocycles. The van der Waals surface area contributed by atoms with Crippen LogP contribution in [0.3, 0.4) is 0 Å². The topological polar surface area (TPSA) is 66.0 Å². The monoisotopic (exact) mass is 406 g/mol. The van der Waals surface area contributed by atoms with Crippen LogP contribution in [0.15, 0.2) is 42.9 Å². The Morgan fingerprint density at radius 3 is 2.63 bits per heavy atom. The molecule has 6 heteroatoms. The van der Waals surface area contributed by atoms with Crippen LogP contribution in [0.4, 0.5) is 11.5 Å². The summed E-state index contributed by atoms with van der Waals surface area (Å²) in [7, 11) is 0. The van der Waals surface area contributed by atoms with E-state index < -0.39 is 0 Å². The number of aryl methyl sites for hydroxylation is 1. The van der Waals surface area contributed by atoms with E-state index in [1.165, 1.54) is 12.0 Å². The van der Waals surface area contributed by atoms with Gasteiger partial charge in [0, 0.05) is 17.6 Å². The van der Waals surface area contributed by atoms with Crippen molar-refractivity contribution in [3.63, 3.8) is 0 Å². The van der Waals surface area contributed by atoms with E-state index in [-0.39, 0.29) is 0 Å². The molecule has 3 aromatic rings. The zero-order valence-corrected chi connectivity index (χ0v) is 18.7. The van der Waals surface area contributed by atoms with E-state index >= 15 is 0 Å². The molecule has 1 unspecified atom stereocenters. The molecular formula is C24H34N6. The van der Waals surface area contributed by atoms with Crippen LogP contribution in [0.2, 0.25) is 0 Å². The molecule has 30 heavy (non-hydrogen) atoms. The number of pyridine rings is 1. The van der Waals surface area contributed by atoms with Crippen molar-refractivity contribution < 1.29 is 0 Å². The highest BCUT2D eigenvalue weighted by Gasteiger charge is 2.07. The van der Waals surface area contributed by atoms with Gasteiger partial charge in [-0.3, -0.25) is 9.97 Å². The minimum absolute atomic E-state index is 0.378. The highest BCUT2D eigenvalue weighted by molar-refractivity contribution is 5.90. The Kier molecular flexibility index (Phi) is 7.97. The van der Waals surface area contributed by atoms with Gasteiger partial charge in [-0.25, -0.2) is 4.98 Å². The Morgan fingerprint density at radius 2 is 1.90 bits per heavy atom. The van der Waals surface area contributed by atoms with E-state index in [1.807, 2.05) is 24.7 Å². The minimum Gasteiger partial charge on any atom is -0.378 e. The summed E-state index contributed by atoms with van der Waals surface area (Å²) < 4.78 is 0. The molecular weight excluding hydrogens is 372 g/mol. The number of hydrogen-bond donors (Lipinski definition) is 2. The van der Waals surface area contributed by atoms with Gasteiger partial charge in [-0.1, -0.05) is 19.9 Å². The Morgan fingerprint density at radius 1 is 1.07 bits per heavy atom. The first kappa shape index (κ1) is 22.0. The summed E-state index contributed by atoms with van der Waals surface area (Å²) >= 11 is 0. The molecule has 1 aromatic carbocycles. The van der Waals surface area contributed by atoms with Gasteiger partial charge in [0.05, 0.1) is 35.8 Å². The van der Waals surface area contributed by atoms with Crippen LogP contribution in [-0.4, -0.2) is 45.5 Å². The molecule has 2 heterocycles. The third-order valence-electron chi connectivity index (χ3n) is 5.41. The minimum atomic E-state index is 0.378. The third kappa shape index (κ3) is 6.13. The quantitative estimate of drug-likeness (QED) is 0.474. The lowest BCUT2D eigenvalue weighted by molar-refractivity contribution is 0.295. The largest absolute Gasteiger partial charge is 0.378 e. The molecule has 0 aliphatic heterocycles. The summed E-state index contributed by atoms with van der Waals surface area (Å²) in [6.07, 6.45) is 7.79. The van der Waals surface area contributed by atoms with Crippen LogP contribution in [-0.2, 0) is 6.54 Å². The molecule has 1 atom stereocenters. The van der Waals surface area contributed by atoms with Crippen LogP contribution in [0.25, 0.3) is 10.9 Å². The van der Waals surface area contributed by atoms with Gasteiger partial charge in [-0.05, 0) is 70.1 Å². The van der Waals surface area contributed by atoms with Crippen molar-refractivity contribution >= 4 is 22.4 Å². The maximum absolute atomic E-state index is 4.57. The molecule has 160 valence electrons. The van der Waals surface area contributed by atoms with E-state index in [0.717, 1.165) is 54.2 Å². The number of fused-ring (bicyclic) bond motifs is 1. The van der Waals surface area contributed by atoms with Crippen LogP contribution >= 0.6 is 0 Å².